The molecule has 0 aromatic heterocycles. The fraction of sp³-hybridized carbons (Fsp3) is 0. The summed E-state index contributed by atoms with van der Waals surface area (Å²) in [5.74, 6) is 0. The summed E-state index contributed by atoms with van der Waals surface area (Å²) in [6, 6.07) is 4.98. The number of benzene rings is 4. The average Bonchev–Trinajstić information content (AvgIpc) is 2.61. The molecule has 12 nitrogen and oxygen atoms in total. The van der Waals surface area contributed by atoms with Gasteiger partial charge < -0.3 is 1.43 Å². The predicted molar refractivity (Wildman–Crippen MR) is 111 cm³/mol. The Bertz CT molecular complexity index is 1640. The fourth-order valence-corrected chi connectivity index (χ4v) is 6.73. The fourth-order valence-electron chi connectivity index (χ4n) is 3.72. The molecule has 172 valence electrons. The topological polar surface area (TPSA) is 217 Å². The minimum atomic E-state index is -5.10. The Balaban J connectivity index is 0.00000204. The summed E-state index contributed by atoms with van der Waals surface area (Å²) >= 11 is 0. The van der Waals surface area contributed by atoms with Gasteiger partial charge in [0.25, 0.3) is 40.5 Å². The van der Waals surface area contributed by atoms with Crippen LogP contribution in [0.4, 0.5) is 0 Å². The second-order valence-electron chi connectivity index (χ2n) is 6.72. The van der Waals surface area contributed by atoms with Gasteiger partial charge in [-0.3, -0.25) is 18.2 Å². The standard InChI is InChI=1S/C16H10O12S4.Na.H/c17-29(18,19)11-5-13(31(23,24)25)9-3-4-10-14(32(26,27)28)6-12(30(20,21)22)8-2-1-7(11)15(9)16(8)10;;/h1-6H,(H,17,18,19)(H,20,21,22)(H,23,24,25)(H,26,27,28);;/q;+1;-1. The third kappa shape index (κ3) is 4.25. The van der Waals surface area contributed by atoms with E-state index >= 15 is 0 Å². The van der Waals surface area contributed by atoms with Crippen molar-refractivity contribution < 1.29 is 82.9 Å². The second-order valence-corrected chi connectivity index (χ2v) is 12.3. The molecule has 0 spiro atoms. The van der Waals surface area contributed by atoms with E-state index in [0.717, 1.165) is 24.3 Å². The molecule has 4 N–H and O–H groups in total. The van der Waals surface area contributed by atoms with Gasteiger partial charge in [-0.05, 0) is 12.1 Å². The molecule has 0 saturated carbocycles. The first kappa shape index (κ1) is 26.2. The molecule has 0 aliphatic rings. The van der Waals surface area contributed by atoms with Crippen molar-refractivity contribution in [3.05, 3.63) is 36.4 Å². The van der Waals surface area contributed by atoms with Gasteiger partial charge >= 0.3 is 29.6 Å². The van der Waals surface area contributed by atoms with E-state index in [2.05, 4.69) is 0 Å². The van der Waals surface area contributed by atoms with Crippen molar-refractivity contribution >= 4 is 72.8 Å². The molecule has 0 radical (unpaired) electrons. The molecular weight excluding hydrogens is 535 g/mol. The summed E-state index contributed by atoms with van der Waals surface area (Å²) in [6.45, 7) is 0. The van der Waals surface area contributed by atoms with Gasteiger partial charge in [-0.15, -0.1) is 0 Å². The number of hydrogen-bond acceptors (Lipinski definition) is 8. The molecule has 0 heterocycles. The van der Waals surface area contributed by atoms with Crippen LogP contribution in [0.1, 0.15) is 1.43 Å². The molecule has 17 heteroatoms. The molecule has 0 amide bonds. The van der Waals surface area contributed by atoms with Crippen LogP contribution >= 0.6 is 0 Å². The third-order valence-corrected chi connectivity index (χ3v) is 8.43. The van der Waals surface area contributed by atoms with Crippen LogP contribution in [0.25, 0.3) is 32.3 Å². The predicted octanol–water partition coefficient (Wildman–Crippen LogP) is -1.31. The maximum absolute atomic E-state index is 11.9. The number of rotatable bonds is 4. The van der Waals surface area contributed by atoms with Crippen LogP contribution in [0.3, 0.4) is 0 Å². The van der Waals surface area contributed by atoms with Crippen LogP contribution in [0.2, 0.25) is 0 Å². The zero-order valence-corrected chi connectivity index (χ0v) is 21.4. The zero-order chi connectivity index (χ0) is 24.0. The van der Waals surface area contributed by atoms with Gasteiger partial charge in [0.15, 0.2) is 0 Å². The first-order chi connectivity index (χ1) is 14.4. The molecule has 0 aliphatic heterocycles. The maximum Gasteiger partial charge on any atom is 1.00 e. The van der Waals surface area contributed by atoms with Crippen molar-refractivity contribution in [1.82, 2.24) is 0 Å². The van der Waals surface area contributed by atoms with Gasteiger partial charge in [0.05, 0.1) is 0 Å². The Kier molecular flexibility index (Phi) is 6.18. The molecule has 33 heavy (non-hydrogen) atoms. The van der Waals surface area contributed by atoms with Crippen LogP contribution in [-0.2, 0) is 40.5 Å². The van der Waals surface area contributed by atoms with E-state index in [1.165, 1.54) is 0 Å². The SMILES string of the molecule is O=S(=O)(O)c1cc(S(=O)(=O)O)c2ccc3c(S(=O)(=O)O)cc(S(=O)(=O)O)c4ccc1c2c43.[H-].[Na+]. The zero-order valence-electron chi connectivity index (χ0n) is 17.2. The van der Waals surface area contributed by atoms with Crippen molar-refractivity contribution in [3.63, 3.8) is 0 Å². The minimum Gasteiger partial charge on any atom is -1.00 e. The normalized spacial score (nSPS) is 13.6. The molecule has 4 aromatic rings. The second kappa shape index (κ2) is 7.79. The van der Waals surface area contributed by atoms with Crippen LogP contribution in [0.15, 0.2) is 56.0 Å². The summed E-state index contributed by atoms with van der Waals surface area (Å²) in [7, 11) is -20.4. The maximum atomic E-state index is 11.9. The van der Waals surface area contributed by atoms with Crippen LogP contribution in [0.5, 0.6) is 0 Å². The van der Waals surface area contributed by atoms with Gasteiger partial charge in [-0.2, -0.15) is 33.7 Å². The van der Waals surface area contributed by atoms with E-state index in [1.54, 1.807) is 0 Å². The van der Waals surface area contributed by atoms with E-state index in [9.17, 15) is 51.9 Å². The monoisotopic (exact) mass is 546 g/mol. The molecule has 4 rings (SSSR count). The first-order valence-electron chi connectivity index (χ1n) is 8.11. The summed E-state index contributed by atoms with van der Waals surface area (Å²) in [5.41, 5.74) is 0. The van der Waals surface area contributed by atoms with Crippen molar-refractivity contribution in [2.24, 2.45) is 0 Å². The summed E-state index contributed by atoms with van der Waals surface area (Å²) in [5, 5.41) is -2.11. The Morgan fingerprint density at radius 1 is 0.455 bits per heavy atom. The van der Waals surface area contributed by atoms with Crippen molar-refractivity contribution in [3.8, 4) is 0 Å². The molecule has 4 aromatic carbocycles. The molecule has 0 atom stereocenters. The Morgan fingerprint density at radius 3 is 0.788 bits per heavy atom. The molecular formula is C16H11NaO12S4. The largest absolute Gasteiger partial charge is 1.00 e. The Hall–Kier alpha value is -1.44. The molecule has 0 aliphatic carbocycles. The van der Waals surface area contributed by atoms with Gasteiger partial charge in [0.2, 0.25) is 0 Å². The average molecular weight is 547 g/mol. The van der Waals surface area contributed by atoms with Crippen molar-refractivity contribution in [1.29, 1.82) is 0 Å². The minimum absolute atomic E-state index is 0. The van der Waals surface area contributed by atoms with Gasteiger partial charge in [0.1, 0.15) is 19.6 Å². The van der Waals surface area contributed by atoms with Gasteiger partial charge in [-0.1, -0.05) is 24.3 Å². The summed E-state index contributed by atoms with van der Waals surface area (Å²) < 4.78 is 134. The van der Waals surface area contributed by atoms with Crippen LogP contribution in [0, 0.1) is 0 Å². The molecule has 0 fully saturated rings. The summed E-state index contributed by atoms with van der Waals surface area (Å²) in [4.78, 5) is -3.90. The van der Waals surface area contributed by atoms with Crippen molar-refractivity contribution in [2.45, 2.75) is 19.6 Å². The van der Waals surface area contributed by atoms with Crippen molar-refractivity contribution in [2.75, 3.05) is 0 Å². The Labute approximate surface area is 210 Å². The van der Waals surface area contributed by atoms with Gasteiger partial charge in [-0.25, -0.2) is 0 Å². The van der Waals surface area contributed by atoms with E-state index in [-0.39, 0.29) is 63.3 Å². The van der Waals surface area contributed by atoms with E-state index in [0.29, 0.717) is 12.1 Å². The number of hydrogen-bond donors (Lipinski definition) is 4. The third-order valence-electron chi connectivity index (χ3n) is 4.86. The smallest absolute Gasteiger partial charge is 1.00 e. The molecule has 0 saturated heterocycles. The van der Waals surface area contributed by atoms with E-state index in [4.69, 9.17) is 0 Å². The van der Waals surface area contributed by atoms with Gasteiger partial charge in [0, 0.05) is 32.3 Å². The summed E-state index contributed by atoms with van der Waals surface area (Å²) in [6.07, 6.45) is 0. The molecule has 0 bridgehead atoms. The van der Waals surface area contributed by atoms with E-state index in [1.807, 2.05) is 0 Å². The quantitative estimate of drug-likeness (QED) is 0.133. The van der Waals surface area contributed by atoms with E-state index < -0.39 is 60.1 Å². The Morgan fingerprint density at radius 2 is 0.636 bits per heavy atom. The molecule has 0 unspecified atom stereocenters. The van der Waals surface area contributed by atoms with Crippen LogP contribution in [-0.4, -0.2) is 51.9 Å². The first-order valence-corrected chi connectivity index (χ1v) is 13.9. The van der Waals surface area contributed by atoms with Crippen LogP contribution < -0.4 is 29.6 Å².